The second-order valence-electron chi connectivity index (χ2n) is 5.97. The van der Waals surface area contributed by atoms with E-state index in [1.54, 1.807) is 7.11 Å². The predicted molar refractivity (Wildman–Crippen MR) is 82.1 cm³/mol. The highest BCUT2D eigenvalue weighted by Gasteiger charge is 2.41. The highest BCUT2D eigenvalue weighted by molar-refractivity contribution is 5.44. The first kappa shape index (κ1) is 14.7. The monoisotopic (exact) mass is 291 g/mol. The van der Waals surface area contributed by atoms with Crippen LogP contribution in [0.2, 0.25) is 0 Å². The van der Waals surface area contributed by atoms with E-state index in [1.165, 1.54) is 5.56 Å². The summed E-state index contributed by atoms with van der Waals surface area (Å²) < 4.78 is 17.4. The highest BCUT2D eigenvalue weighted by atomic mass is 16.5. The molecule has 21 heavy (non-hydrogen) atoms. The van der Waals surface area contributed by atoms with Crippen LogP contribution in [0.1, 0.15) is 44.2 Å². The Morgan fingerprint density at radius 2 is 2.24 bits per heavy atom. The third-order valence-electron chi connectivity index (χ3n) is 4.57. The Labute approximate surface area is 126 Å². The van der Waals surface area contributed by atoms with Crippen LogP contribution in [-0.4, -0.2) is 32.5 Å². The lowest BCUT2D eigenvalue weighted by atomic mass is 9.82. The summed E-state index contributed by atoms with van der Waals surface area (Å²) in [6.07, 6.45) is 4.12. The molecule has 0 amide bonds. The number of hydrogen-bond donors (Lipinski definition) is 1. The first-order chi connectivity index (χ1) is 10.3. The molecule has 2 aliphatic heterocycles. The molecule has 1 saturated heterocycles. The summed E-state index contributed by atoms with van der Waals surface area (Å²) in [5.74, 6) is 1.88. The first-order valence-electron chi connectivity index (χ1n) is 7.94. The molecule has 0 saturated carbocycles. The second kappa shape index (κ2) is 6.24. The van der Waals surface area contributed by atoms with Crippen LogP contribution < -0.4 is 14.8 Å². The van der Waals surface area contributed by atoms with E-state index >= 15 is 0 Å². The molecule has 1 N–H and O–H groups in total. The first-order valence-corrected chi connectivity index (χ1v) is 7.94. The zero-order valence-corrected chi connectivity index (χ0v) is 13.0. The third-order valence-corrected chi connectivity index (χ3v) is 4.57. The predicted octanol–water partition coefficient (Wildman–Crippen LogP) is 3.07. The van der Waals surface area contributed by atoms with Gasteiger partial charge in [0.25, 0.3) is 0 Å². The Hall–Kier alpha value is -1.26. The zero-order valence-electron chi connectivity index (χ0n) is 13.0. The van der Waals surface area contributed by atoms with Crippen LogP contribution >= 0.6 is 0 Å². The number of fused-ring (bicyclic) bond motifs is 1. The molecule has 0 aliphatic carbocycles. The zero-order chi connectivity index (χ0) is 14.7. The maximum absolute atomic E-state index is 6.44. The van der Waals surface area contributed by atoms with Crippen molar-refractivity contribution in [2.24, 2.45) is 0 Å². The van der Waals surface area contributed by atoms with E-state index in [9.17, 15) is 0 Å². The minimum Gasteiger partial charge on any atom is -0.497 e. The van der Waals surface area contributed by atoms with Gasteiger partial charge >= 0.3 is 0 Å². The molecule has 3 rings (SSSR count). The van der Waals surface area contributed by atoms with Gasteiger partial charge in [0.05, 0.1) is 13.7 Å². The molecule has 2 aliphatic rings. The maximum Gasteiger partial charge on any atom is 0.125 e. The third kappa shape index (κ3) is 3.01. The van der Waals surface area contributed by atoms with Gasteiger partial charge in [0.15, 0.2) is 0 Å². The molecule has 2 atom stereocenters. The van der Waals surface area contributed by atoms with Gasteiger partial charge in [-0.2, -0.15) is 0 Å². The van der Waals surface area contributed by atoms with E-state index in [0.717, 1.165) is 56.9 Å². The molecule has 0 aromatic heterocycles. The van der Waals surface area contributed by atoms with Crippen molar-refractivity contribution in [2.75, 3.05) is 26.9 Å². The molecule has 4 heteroatoms. The lowest BCUT2D eigenvalue weighted by molar-refractivity contribution is 0.0109. The van der Waals surface area contributed by atoms with Gasteiger partial charge in [-0.05, 0) is 37.6 Å². The standard InChI is InChI=1S/C17H25NO3/c1-3-18-15-12-17(7-4-9-20-10-8-17)21-16-6-5-13(19-2)11-14(15)16/h5-6,11,15,18H,3-4,7-10,12H2,1-2H3. The number of ether oxygens (including phenoxy) is 3. The lowest BCUT2D eigenvalue weighted by Crippen LogP contribution is -2.44. The number of methoxy groups -OCH3 is 1. The van der Waals surface area contributed by atoms with E-state index in [0.29, 0.717) is 6.04 Å². The Morgan fingerprint density at radius 3 is 3.05 bits per heavy atom. The van der Waals surface area contributed by atoms with E-state index < -0.39 is 0 Å². The molecule has 1 spiro atoms. The molecule has 1 aromatic rings. The molecular weight excluding hydrogens is 266 g/mol. The highest BCUT2D eigenvalue weighted by Crippen LogP contribution is 2.45. The molecule has 0 radical (unpaired) electrons. The molecule has 4 nitrogen and oxygen atoms in total. The summed E-state index contributed by atoms with van der Waals surface area (Å²) in [6.45, 7) is 4.75. The summed E-state index contributed by atoms with van der Waals surface area (Å²) in [4.78, 5) is 0. The van der Waals surface area contributed by atoms with E-state index in [4.69, 9.17) is 14.2 Å². The molecule has 1 aromatic carbocycles. The average molecular weight is 291 g/mol. The van der Waals surface area contributed by atoms with Crippen molar-refractivity contribution in [1.29, 1.82) is 0 Å². The molecule has 0 bridgehead atoms. The topological polar surface area (TPSA) is 39.7 Å². The van der Waals surface area contributed by atoms with Gasteiger partial charge in [0.1, 0.15) is 17.1 Å². The van der Waals surface area contributed by atoms with Crippen molar-refractivity contribution in [3.63, 3.8) is 0 Å². The van der Waals surface area contributed by atoms with Crippen LogP contribution in [0.3, 0.4) is 0 Å². The number of nitrogens with one attached hydrogen (secondary N) is 1. The number of benzene rings is 1. The lowest BCUT2D eigenvalue weighted by Gasteiger charge is -2.42. The van der Waals surface area contributed by atoms with Gasteiger partial charge in [-0.3, -0.25) is 0 Å². The van der Waals surface area contributed by atoms with E-state index in [-0.39, 0.29) is 5.60 Å². The van der Waals surface area contributed by atoms with Gasteiger partial charge in [0, 0.05) is 31.1 Å². The van der Waals surface area contributed by atoms with Crippen LogP contribution in [0.5, 0.6) is 11.5 Å². The Bertz CT molecular complexity index is 481. The maximum atomic E-state index is 6.44. The second-order valence-corrected chi connectivity index (χ2v) is 5.97. The van der Waals surface area contributed by atoms with Crippen molar-refractivity contribution in [3.05, 3.63) is 23.8 Å². The quantitative estimate of drug-likeness (QED) is 0.929. The van der Waals surface area contributed by atoms with Crippen LogP contribution in [0, 0.1) is 0 Å². The van der Waals surface area contributed by atoms with Crippen LogP contribution in [-0.2, 0) is 4.74 Å². The van der Waals surface area contributed by atoms with Gasteiger partial charge in [-0.1, -0.05) is 6.92 Å². The average Bonchev–Trinajstić information content (AvgIpc) is 2.73. The van der Waals surface area contributed by atoms with E-state index in [2.05, 4.69) is 18.3 Å². The number of rotatable bonds is 3. The van der Waals surface area contributed by atoms with Crippen LogP contribution in [0.25, 0.3) is 0 Å². The molecule has 116 valence electrons. The molecule has 2 heterocycles. The summed E-state index contributed by atoms with van der Waals surface area (Å²) in [5, 5.41) is 3.61. The summed E-state index contributed by atoms with van der Waals surface area (Å²) in [6, 6.07) is 6.45. The Kier molecular flexibility index (Phi) is 4.36. The fraction of sp³-hybridized carbons (Fsp3) is 0.647. The largest absolute Gasteiger partial charge is 0.497 e. The van der Waals surface area contributed by atoms with Gasteiger partial charge in [-0.25, -0.2) is 0 Å². The summed E-state index contributed by atoms with van der Waals surface area (Å²) >= 11 is 0. The minimum absolute atomic E-state index is 0.0784. The van der Waals surface area contributed by atoms with Gasteiger partial charge in [0.2, 0.25) is 0 Å². The fourth-order valence-electron chi connectivity index (χ4n) is 3.49. The van der Waals surface area contributed by atoms with Crippen molar-refractivity contribution in [1.82, 2.24) is 5.32 Å². The van der Waals surface area contributed by atoms with Crippen molar-refractivity contribution in [3.8, 4) is 11.5 Å². The van der Waals surface area contributed by atoms with Crippen molar-refractivity contribution >= 4 is 0 Å². The van der Waals surface area contributed by atoms with Crippen LogP contribution in [0.15, 0.2) is 18.2 Å². The van der Waals surface area contributed by atoms with Crippen LogP contribution in [0.4, 0.5) is 0 Å². The minimum atomic E-state index is -0.0784. The van der Waals surface area contributed by atoms with Crippen molar-refractivity contribution < 1.29 is 14.2 Å². The Morgan fingerprint density at radius 1 is 1.33 bits per heavy atom. The summed E-state index contributed by atoms with van der Waals surface area (Å²) in [7, 11) is 1.71. The Balaban J connectivity index is 1.93. The fourth-order valence-corrected chi connectivity index (χ4v) is 3.49. The van der Waals surface area contributed by atoms with E-state index in [1.807, 2.05) is 12.1 Å². The number of hydrogen-bond acceptors (Lipinski definition) is 4. The molecule has 1 fully saturated rings. The SMILES string of the molecule is CCNC1CC2(CCCOCC2)Oc2ccc(OC)cc21. The smallest absolute Gasteiger partial charge is 0.125 e. The summed E-state index contributed by atoms with van der Waals surface area (Å²) in [5.41, 5.74) is 1.14. The van der Waals surface area contributed by atoms with Gasteiger partial charge < -0.3 is 19.5 Å². The normalized spacial score (nSPS) is 28.6. The molecule has 2 unspecified atom stereocenters. The van der Waals surface area contributed by atoms with Crippen molar-refractivity contribution in [2.45, 2.75) is 44.2 Å². The van der Waals surface area contributed by atoms with Gasteiger partial charge in [-0.15, -0.1) is 0 Å². The molecular formula is C17H25NO3.